The molecule has 5 rings (SSSR count). The van der Waals surface area contributed by atoms with Crippen LogP contribution in [0.15, 0.2) is 84.9 Å². The first-order chi connectivity index (χ1) is 18.3. The van der Waals surface area contributed by atoms with E-state index in [1.54, 1.807) is 6.92 Å². The normalized spacial score (nSPS) is 21.7. The quantitative estimate of drug-likeness (QED) is 0.339. The maximum Gasteiger partial charge on any atom is 0.310 e. The molecule has 2 aliphatic rings. The Bertz CT molecular complexity index is 1080. The molecule has 0 aliphatic carbocycles. The number of nitrogens with zero attached hydrogens (tertiary/aromatic N) is 1. The number of hydrogen-bond donors (Lipinski definition) is 1. The Morgan fingerprint density at radius 1 is 0.816 bits per heavy atom. The minimum Gasteiger partial charge on any atom is -0.481 e. The Labute approximate surface area is 228 Å². The minimum absolute atomic E-state index is 0.0465. The average molecular weight is 514 g/mol. The number of carboxylic acids is 1. The molecule has 3 aromatic rings. The highest BCUT2D eigenvalue weighted by Crippen LogP contribution is 2.38. The van der Waals surface area contributed by atoms with Gasteiger partial charge in [0.15, 0.2) is 0 Å². The Morgan fingerprint density at radius 2 is 1.32 bits per heavy atom. The van der Waals surface area contributed by atoms with Crippen LogP contribution in [0.3, 0.4) is 0 Å². The van der Waals surface area contributed by atoms with Gasteiger partial charge in [0, 0.05) is 12.1 Å². The lowest BCUT2D eigenvalue weighted by atomic mass is 9.97. The molecule has 4 atom stereocenters. The molecule has 2 fully saturated rings. The number of carbonyl (C=O) groups is 1. The fourth-order valence-electron chi connectivity index (χ4n) is 5.83. The molecular formula is C34H43NO3. The summed E-state index contributed by atoms with van der Waals surface area (Å²) in [6, 6.07) is 30.6. The summed E-state index contributed by atoms with van der Waals surface area (Å²) >= 11 is 0. The van der Waals surface area contributed by atoms with Crippen molar-refractivity contribution >= 4 is 5.97 Å². The van der Waals surface area contributed by atoms with Crippen LogP contribution in [0, 0.1) is 5.92 Å². The van der Waals surface area contributed by atoms with Gasteiger partial charge >= 0.3 is 5.97 Å². The van der Waals surface area contributed by atoms with Gasteiger partial charge in [0.25, 0.3) is 0 Å². The van der Waals surface area contributed by atoms with Crippen LogP contribution in [-0.2, 0) is 16.0 Å². The van der Waals surface area contributed by atoms with E-state index in [-0.39, 0.29) is 6.10 Å². The van der Waals surface area contributed by atoms with Crippen LogP contribution < -0.4 is 0 Å². The van der Waals surface area contributed by atoms with E-state index in [9.17, 15) is 4.79 Å². The maximum absolute atomic E-state index is 10.8. The van der Waals surface area contributed by atoms with Gasteiger partial charge in [-0.15, -0.1) is 0 Å². The number of aliphatic carboxylic acids is 1. The Balaban J connectivity index is 0.000000196. The molecule has 4 heteroatoms. The van der Waals surface area contributed by atoms with Crippen LogP contribution >= 0.6 is 0 Å². The number of hydrogen-bond acceptors (Lipinski definition) is 3. The fraction of sp³-hybridized carbons (Fsp3) is 0.441. The molecule has 3 aromatic carbocycles. The summed E-state index contributed by atoms with van der Waals surface area (Å²) < 4.78 is 6.67. The van der Waals surface area contributed by atoms with Crippen molar-refractivity contribution in [3.63, 3.8) is 0 Å². The maximum atomic E-state index is 10.8. The zero-order valence-corrected chi connectivity index (χ0v) is 23.3. The highest BCUT2D eigenvalue weighted by molar-refractivity contribution is 5.75. The van der Waals surface area contributed by atoms with E-state index in [0.717, 1.165) is 12.0 Å². The van der Waals surface area contributed by atoms with E-state index in [2.05, 4.69) is 86.5 Å². The number of fused-ring (bicyclic) bond motifs is 2. The Hall–Kier alpha value is -2.95. The van der Waals surface area contributed by atoms with E-state index in [1.807, 2.05) is 24.3 Å². The van der Waals surface area contributed by atoms with E-state index < -0.39 is 11.9 Å². The largest absolute Gasteiger partial charge is 0.481 e. The summed E-state index contributed by atoms with van der Waals surface area (Å²) in [5, 5.41) is 8.85. The molecule has 4 nitrogen and oxygen atoms in total. The van der Waals surface area contributed by atoms with Gasteiger partial charge in [0.05, 0.1) is 12.0 Å². The van der Waals surface area contributed by atoms with Crippen LogP contribution in [0.4, 0.5) is 0 Å². The molecule has 2 saturated heterocycles. The molecule has 202 valence electrons. The van der Waals surface area contributed by atoms with Crippen LogP contribution in [0.2, 0.25) is 0 Å². The van der Waals surface area contributed by atoms with Crippen molar-refractivity contribution < 1.29 is 14.6 Å². The van der Waals surface area contributed by atoms with Gasteiger partial charge < -0.3 is 14.7 Å². The van der Waals surface area contributed by atoms with E-state index >= 15 is 0 Å². The second kappa shape index (κ2) is 13.2. The molecule has 0 amide bonds. The first-order valence-electron chi connectivity index (χ1n) is 14.1. The number of benzene rings is 3. The molecule has 2 unspecified atom stereocenters. The van der Waals surface area contributed by atoms with Gasteiger partial charge in [-0.2, -0.15) is 0 Å². The van der Waals surface area contributed by atoms with Crippen molar-refractivity contribution in [3.05, 3.63) is 107 Å². The number of rotatable bonds is 8. The van der Waals surface area contributed by atoms with Crippen molar-refractivity contribution in [2.45, 2.75) is 83.1 Å². The number of carboxylic acid groups (broad SMARTS) is 1. The molecule has 0 spiro atoms. The van der Waals surface area contributed by atoms with E-state index in [4.69, 9.17) is 9.84 Å². The summed E-state index contributed by atoms with van der Waals surface area (Å²) in [4.78, 5) is 13.3. The summed E-state index contributed by atoms with van der Waals surface area (Å²) in [5.74, 6) is -0.558. The molecule has 2 bridgehead atoms. The second-order valence-corrected chi connectivity index (χ2v) is 11.4. The fourth-order valence-corrected chi connectivity index (χ4v) is 5.83. The molecule has 0 saturated carbocycles. The van der Waals surface area contributed by atoms with Gasteiger partial charge in [-0.3, -0.25) is 4.79 Å². The summed E-state index contributed by atoms with van der Waals surface area (Å²) in [5.41, 5.74) is 4.65. The number of piperidine rings is 1. The molecule has 2 aliphatic heterocycles. The average Bonchev–Trinajstić information content (AvgIpc) is 3.12. The highest BCUT2D eigenvalue weighted by atomic mass is 16.5. The van der Waals surface area contributed by atoms with Crippen molar-refractivity contribution in [2.75, 3.05) is 7.05 Å². The van der Waals surface area contributed by atoms with Crippen LogP contribution in [-0.4, -0.2) is 41.2 Å². The zero-order valence-electron chi connectivity index (χ0n) is 23.3. The van der Waals surface area contributed by atoms with Crippen LogP contribution in [0.25, 0.3) is 0 Å². The molecule has 0 radical (unpaired) electrons. The van der Waals surface area contributed by atoms with E-state index in [1.165, 1.54) is 42.4 Å². The lowest BCUT2D eigenvalue weighted by Gasteiger charge is -2.38. The summed E-state index contributed by atoms with van der Waals surface area (Å²) in [6.07, 6.45) is 6.47. The van der Waals surface area contributed by atoms with Gasteiger partial charge in [0.2, 0.25) is 0 Å². The highest BCUT2D eigenvalue weighted by Gasteiger charge is 2.39. The standard InChI is InChI=1S/C21H25NO.C13H18O2/c1-22-18-12-13-19(22)15-20(14-18)23-21(16-8-4-2-5-9-16)17-10-6-3-7-11-17;1-9(2)8-11-4-6-12(7-5-11)10(3)13(14)15/h2-11,18-21H,12-15H2,1H3;4-7,9-10H,8H2,1-3H3,(H,14,15)/t18-,19+,20?;. The van der Waals surface area contributed by atoms with Crippen molar-refractivity contribution in [1.82, 2.24) is 4.90 Å². The third kappa shape index (κ3) is 7.33. The van der Waals surface area contributed by atoms with Crippen molar-refractivity contribution in [3.8, 4) is 0 Å². The summed E-state index contributed by atoms with van der Waals surface area (Å²) in [6.45, 7) is 6.06. The smallest absolute Gasteiger partial charge is 0.310 e. The molecule has 2 heterocycles. The lowest BCUT2D eigenvalue weighted by molar-refractivity contribution is -0.138. The van der Waals surface area contributed by atoms with Gasteiger partial charge in [-0.25, -0.2) is 0 Å². The molecule has 1 N–H and O–H groups in total. The molecule has 0 aromatic heterocycles. The molecular weight excluding hydrogens is 470 g/mol. The van der Waals surface area contributed by atoms with Crippen molar-refractivity contribution in [1.29, 1.82) is 0 Å². The number of ether oxygens (including phenoxy) is 1. The topological polar surface area (TPSA) is 49.8 Å². The van der Waals surface area contributed by atoms with Gasteiger partial charge in [0.1, 0.15) is 6.10 Å². The van der Waals surface area contributed by atoms with Crippen LogP contribution in [0.1, 0.15) is 80.7 Å². The van der Waals surface area contributed by atoms with E-state index in [0.29, 0.717) is 24.1 Å². The second-order valence-electron chi connectivity index (χ2n) is 11.4. The first kappa shape index (κ1) is 28.1. The predicted octanol–water partition coefficient (Wildman–Crippen LogP) is 7.49. The third-order valence-corrected chi connectivity index (χ3v) is 8.08. The summed E-state index contributed by atoms with van der Waals surface area (Å²) in [7, 11) is 2.28. The SMILES string of the molecule is CC(C)Cc1ccc(C(C)C(=O)O)cc1.CN1[C@@H]2CC[C@H]1CC(OC(c1ccccc1)c1ccccc1)C2. The zero-order chi connectivity index (χ0) is 27.1. The minimum atomic E-state index is -0.772. The molecule has 38 heavy (non-hydrogen) atoms. The predicted molar refractivity (Wildman–Crippen MR) is 154 cm³/mol. The Kier molecular flexibility index (Phi) is 9.76. The lowest BCUT2D eigenvalue weighted by Crippen LogP contribution is -2.43. The third-order valence-electron chi connectivity index (χ3n) is 8.08. The Morgan fingerprint density at radius 3 is 1.76 bits per heavy atom. The van der Waals surface area contributed by atoms with Gasteiger partial charge in [-0.1, -0.05) is 98.8 Å². The monoisotopic (exact) mass is 513 g/mol. The van der Waals surface area contributed by atoms with Crippen molar-refractivity contribution in [2.24, 2.45) is 5.92 Å². The first-order valence-corrected chi connectivity index (χ1v) is 14.1. The van der Waals surface area contributed by atoms with Crippen LogP contribution in [0.5, 0.6) is 0 Å². The van der Waals surface area contributed by atoms with Gasteiger partial charge in [-0.05, 0) is 74.2 Å².